The van der Waals surface area contributed by atoms with Gasteiger partial charge < -0.3 is 14.7 Å². The summed E-state index contributed by atoms with van der Waals surface area (Å²) in [5, 5.41) is 11.8. The van der Waals surface area contributed by atoms with E-state index in [1.165, 1.54) is 6.07 Å². The number of benzene rings is 2. The molecule has 5 heteroatoms. The molecule has 26 heavy (non-hydrogen) atoms. The van der Waals surface area contributed by atoms with Crippen molar-refractivity contribution >= 4 is 11.0 Å². The first-order valence-electron chi connectivity index (χ1n) is 8.41. The predicted molar refractivity (Wildman–Crippen MR) is 101 cm³/mol. The van der Waals surface area contributed by atoms with Crippen LogP contribution in [0.15, 0.2) is 71.5 Å². The van der Waals surface area contributed by atoms with Crippen molar-refractivity contribution in [3.05, 3.63) is 99.7 Å². The smallest absolute Gasteiger partial charge is 0.248 e. The second-order valence-corrected chi connectivity index (χ2v) is 6.49. The second kappa shape index (κ2) is 5.97. The monoisotopic (exact) mass is 345 g/mol. The van der Waals surface area contributed by atoms with Gasteiger partial charge in [-0.2, -0.15) is 0 Å². The molecule has 2 N–H and O–H groups in total. The maximum atomic E-state index is 11.9. The highest BCUT2D eigenvalue weighted by Crippen LogP contribution is 2.35. The molecule has 2 aromatic heterocycles. The van der Waals surface area contributed by atoms with Crippen LogP contribution in [-0.4, -0.2) is 19.6 Å². The number of hydrogen-bond acceptors (Lipinski definition) is 3. The molecule has 2 aromatic carbocycles. The Kier molecular flexibility index (Phi) is 3.74. The van der Waals surface area contributed by atoms with Gasteiger partial charge in [0.15, 0.2) is 11.4 Å². The Morgan fingerprint density at radius 3 is 2.54 bits per heavy atom. The van der Waals surface area contributed by atoms with Crippen molar-refractivity contribution in [2.75, 3.05) is 0 Å². The van der Waals surface area contributed by atoms with Gasteiger partial charge in [-0.15, -0.1) is 0 Å². The van der Waals surface area contributed by atoms with Crippen LogP contribution in [0.1, 0.15) is 22.6 Å². The minimum Gasteiger partial charge on any atom is -0.372 e. The number of aromatic amines is 1. The van der Waals surface area contributed by atoms with Crippen LogP contribution in [0.25, 0.3) is 11.0 Å². The highest BCUT2D eigenvalue weighted by Gasteiger charge is 2.39. The van der Waals surface area contributed by atoms with Crippen LogP contribution in [0, 0.1) is 6.92 Å². The first-order valence-corrected chi connectivity index (χ1v) is 8.41. The normalized spacial score (nSPS) is 13.7. The Bertz CT molecular complexity index is 1140. The zero-order valence-corrected chi connectivity index (χ0v) is 14.6. The molecule has 0 fully saturated rings. The summed E-state index contributed by atoms with van der Waals surface area (Å²) in [5.74, 6) is 0.450. The van der Waals surface area contributed by atoms with Gasteiger partial charge in [-0.25, -0.2) is 4.98 Å². The number of aliphatic hydroxyl groups is 1. The summed E-state index contributed by atoms with van der Waals surface area (Å²) in [6.45, 7) is 2.02. The number of nitrogens with zero attached hydrogens (tertiary/aromatic N) is 2. The summed E-state index contributed by atoms with van der Waals surface area (Å²) >= 11 is 0. The van der Waals surface area contributed by atoms with Crippen molar-refractivity contribution in [1.82, 2.24) is 14.5 Å². The highest BCUT2D eigenvalue weighted by molar-refractivity contribution is 5.77. The molecule has 0 aliphatic rings. The zero-order valence-electron chi connectivity index (χ0n) is 14.6. The van der Waals surface area contributed by atoms with Crippen molar-refractivity contribution < 1.29 is 5.11 Å². The standard InChI is InChI=1S/C21H19N3O2/c1-14-11-12-16-17(13-14)24(2)20(22-16)21(26,15-7-4-3-5-8-15)18-9-6-10-19(25)23-18/h3-13,26H,1-2H3,(H,23,25). The number of H-pyrrole nitrogens is 1. The summed E-state index contributed by atoms with van der Waals surface area (Å²) in [4.78, 5) is 19.4. The lowest BCUT2D eigenvalue weighted by Gasteiger charge is -2.28. The lowest BCUT2D eigenvalue weighted by molar-refractivity contribution is 0.108. The van der Waals surface area contributed by atoms with E-state index in [9.17, 15) is 9.90 Å². The summed E-state index contributed by atoms with van der Waals surface area (Å²) in [7, 11) is 1.87. The Balaban J connectivity index is 2.07. The van der Waals surface area contributed by atoms with Crippen LogP contribution in [0.3, 0.4) is 0 Å². The van der Waals surface area contributed by atoms with Crippen LogP contribution >= 0.6 is 0 Å². The van der Waals surface area contributed by atoms with Gasteiger partial charge >= 0.3 is 0 Å². The molecule has 5 nitrogen and oxygen atoms in total. The van der Waals surface area contributed by atoms with Gasteiger partial charge in [0.25, 0.3) is 0 Å². The number of pyridine rings is 1. The number of imidazole rings is 1. The van der Waals surface area contributed by atoms with E-state index < -0.39 is 5.60 Å². The van der Waals surface area contributed by atoms with Crippen molar-refractivity contribution in [1.29, 1.82) is 0 Å². The van der Waals surface area contributed by atoms with Crippen molar-refractivity contribution in [2.45, 2.75) is 12.5 Å². The third-order valence-electron chi connectivity index (χ3n) is 4.71. The molecule has 0 saturated heterocycles. The first-order chi connectivity index (χ1) is 12.5. The summed E-state index contributed by atoms with van der Waals surface area (Å²) in [5.41, 5.74) is 2.00. The molecule has 0 bridgehead atoms. The molecule has 0 spiro atoms. The molecule has 0 aliphatic carbocycles. The van der Waals surface area contributed by atoms with Crippen molar-refractivity contribution in [3.63, 3.8) is 0 Å². The summed E-state index contributed by atoms with van der Waals surface area (Å²) in [6, 6.07) is 20.0. The molecule has 1 atom stereocenters. The van der Waals surface area contributed by atoms with E-state index in [1.807, 2.05) is 67.1 Å². The van der Waals surface area contributed by atoms with Gasteiger partial charge in [-0.3, -0.25) is 4.79 Å². The molecule has 2 heterocycles. The summed E-state index contributed by atoms with van der Waals surface area (Å²) in [6.07, 6.45) is 0. The van der Waals surface area contributed by atoms with Gasteiger partial charge in [-0.05, 0) is 36.2 Å². The fourth-order valence-corrected chi connectivity index (χ4v) is 3.37. The van der Waals surface area contributed by atoms with Gasteiger partial charge in [-0.1, -0.05) is 42.5 Å². The number of aromatic nitrogens is 3. The minimum atomic E-state index is -1.58. The van der Waals surface area contributed by atoms with Crippen LogP contribution < -0.4 is 5.56 Å². The Labute approximate surface area is 150 Å². The van der Waals surface area contributed by atoms with Crippen LogP contribution in [0.5, 0.6) is 0 Å². The van der Waals surface area contributed by atoms with Crippen LogP contribution in [-0.2, 0) is 12.6 Å². The molecular formula is C21H19N3O2. The Hall–Kier alpha value is -3.18. The van der Waals surface area contributed by atoms with E-state index in [4.69, 9.17) is 4.98 Å². The van der Waals surface area contributed by atoms with E-state index in [0.29, 0.717) is 17.1 Å². The molecular weight excluding hydrogens is 326 g/mol. The average molecular weight is 345 g/mol. The predicted octanol–water partition coefficient (Wildman–Crippen LogP) is 2.85. The maximum Gasteiger partial charge on any atom is 0.248 e. The van der Waals surface area contributed by atoms with Crippen molar-refractivity contribution in [2.24, 2.45) is 7.05 Å². The van der Waals surface area contributed by atoms with E-state index in [-0.39, 0.29) is 5.56 Å². The Morgan fingerprint density at radius 2 is 1.81 bits per heavy atom. The van der Waals surface area contributed by atoms with Crippen LogP contribution in [0.2, 0.25) is 0 Å². The molecule has 130 valence electrons. The molecule has 0 aliphatic heterocycles. The third kappa shape index (κ3) is 2.45. The highest BCUT2D eigenvalue weighted by atomic mass is 16.3. The van der Waals surface area contributed by atoms with Gasteiger partial charge in [0, 0.05) is 13.1 Å². The molecule has 4 aromatic rings. The van der Waals surface area contributed by atoms with Gasteiger partial charge in [0.1, 0.15) is 0 Å². The first kappa shape index (κ1) is 16.3. The van der Waals surface area contributed by atoms with Gasteiger partial charge in [0.05, 0.1) is 16.7 Å². The molecule has 0 saturated carbocycles. The molecule has 0 amide bonds. The maximum absolute atomic E-state index is 11.9. The third-order valence-corrected chi connectivity index (χ3v) is 4.71. The largest absolute Gasteiger partial charge is 0.372 e. The van der Waals surface area contributed by atoms with Crippen molar-refractivity contribution in [3.8, 4) is 0 Å². The van der Waals surface area contributed by atoms with E-state index >= 15 is 0 Å². The second-order valence-electron chi connectivity index (χ2n) is 6.49. The Morgan fingerprint density at radius 1 is 1.04 bits per heavy atom. The molecule has 1 unspecified atom stereocenters. The van der Waals surface area contributed by atoms with E-state index in [1.54, 1.807) is 12.1 Å². The molecule has 4 rings (SSSR count). The lowest BCUT2D eigenvalue weighted by atomic mass is 9.89. The topological polar surface area (TPSA) is 70.9 Å². The van der Waals surface area contributed by atoms with E-state index in [0.717, 1.165) is 16.6 Å². The van der Waals surface area contributed by atoms with Crippen LogP contribution in [0.4, 0.5) is 0 Å². The summed E-state index contributed by atoms with van der Waals surface area (Å²) < 4.78 is 1.88. The lowest BCUT2D eigenvalue weighted by Crippen LogP contribution is -2.34. The fourth-order valence-electron chi connectivity index (χ4n) is 3.37. The SMILES string of the molecule is Cc1ccc2nc(C(O)(c3ccccc3)c3cccc(=O)[nH]3)n(C)c2c1. The average Bonchev–Trinajstić information content (AvgIpc) is 2.98. The van der Waals surface area contributed by atoms with Gasteiger partial charge in [0.2, 0.25) is 5.56 Å². The number of rotatable bonds is 3. The molecule has 0 radical (unpaired) electrons. The number of aryl methyl sites for hydroxylation is 2. The number of hydrogen-bond donors (Lipinski definition) is 2. The fraction of sp³-hybridized carbons (Fsp3) is 0.143. The zero-order chi connectivity index (χ0) is 18.3. The quantitative estimate of drug-likeness (QED) is 0.600. The van der Waals surface area contributed by atoms with E-state index in [2.05, 4.69) is 4.98 Å². The minimum absolute atomic E-state index is 0.272. The number of fused-ring (bicyclic) bond motifs is 1. The number of nitrogens with one attached hydrogen (secondary N) is 1.